The zero-order valence-corrected chi connectivity index (χ0v) is 12.6. The summed E-state index contributed by atoms with van der Waals surface area (Å²) in [7, 11) is 0. The van der Waals surface area contributed by atoms with Crippen molar-refractivity contribution in [3.8, 4) is 0 Å². The van der Waals surface area contributed by atoms with E-state index in [1.54, 1.807) is 13.8 Å². The molecule has 3 heterocycles. The van der Waals surface area contributed by atoms with Gasteiger partial charge in [0.1, 0.15) is 35.9 Å². The van der Waals surface area contributed by atoms with Gasteiger partial charge in [-0.3, -0.25) is 4.79 Å². The number of ether oxygens (including phenoxy) is 1. The Labute approximate surface area is 130 Å². The summed E-state index contributed by atoms with van der Waals surface area (Å²) in [6, 6.07) is 1.27. The molecule has 0 spiro atoms. The average molecular weight is 324 g/mol. The number of pyridine rings is 2. The number of aromatic amines is 1. The lowest BCUT2D eigenvalue weighted by molar-refractivity contribution is -0.0231. The number of halogens is 1. The number of aliphatic hydroxyl groups excluding tert-OH is 3. The Hall–Kier alpha value is -1.87. The van der Waals surface area contributed by atoms with Crippen LogP contribution in [-0.4, -0.2) is 50.2 Å². The van der Waals surface area contributed by atoms with Crippen molar-refractivity contribution in [1.82, 2.24) is 9.97 Å². The quantitative estimate of drug-likeness (QED) is 0.610. The fourth-order valence-electron chi connectivity index (χ4n) is 2.77. The number of hydrogen-bond donors (Lipinski definition) is 4. The SMILES string of the molecule is Cc1nc2[nH]c(=O)c(C3OC(CO)C(O)C3O)cc2c(F)c1C. The molecule has 0 aromatic carbocycles. The zero-order valence-electron chi connectivity index (χ0n) is 12.6. The van der Waals surface area contributed by atoms with E-state index in [4.69, 9.17) is 9.84 Å². The van der Waals surface area contributed by atoms with Crippen LogP contribution in [0.25, 0.3) is 11.0 Å². The van der Waals surface area contributed by atoms with Gasteiger partial charge in [0, 0.05) is 16.8 Å². The molecule has 8 heteroatoms. The first-order chi connectivity index (χ1) is 10.8. The summed E-state index contributed by atoms with van der Waals surface area (Å²) in [5.41, 5.74) is 0.306. The maximum absolute atomic E-state index is 14.4. The summed E-state index contributed by atoms with van der Waals surface area (Å²) in [4.78, 5) is 18.8. The zero-order chi connectivity index (χ0) is 16.9. The van der Waals surface area contributed by atoms with E-state index in [-0.39, 0.29) is 16.6 Å². The van der Waals surface area contributed by atoms with Crippen LogP contribution < -0.4 is 5.56 Å². The Morgan fingerprint density at radius 1 is 1.35 bits per heavy atom. The third kappa shape index (κ3) is 2.43. The average Bonchev–Trinajstić information content (AvgIpc) is 2.80. The lowest BCUT2D eigenvalue weighted by atomic mass is 10.0. The van der Waals surface area contributed by atoms with Crippen molar-refractivity contribution in [2.24, 2.45) is 0 Å². The standard InChI is InChI=1S/C15H17FN2O5/c1-5-6(2)17-14-7(10(5)16)3-8(15(22)18-14)13-12(21)11(20)9(4-19)23-13/h3,9,11-13,19-21H,4H2,1-2H3,(H,17,18,22). The summed E-state index contributed by atoms with van der Waals surface area (Å²) in [5.74, 6) is -0.517. The van der Waals surface area contributed by atoms with Gasteiger partial charge in [-0.2, -0.15) is 0 Å². The number of fused-ring (bicyclic) bond motifs is 1. The Kier molecular flexibility index (Phi) is 3.93. The Morgan fingerprint density at radius 3 is 2.65 bits per heavy atom. The number of nitrogens with one attached hydrogen (secondary N) is 1. The monoisotopic (exact) mass is 324 g/mol. The summed E-state index contributed by atoms with van der Waals surface area (Å²) >= 11 is 0. The largest absolute Gasteiger partial charge is 0.394 e. The molecule has 0 aliphatic carbocycles. The minimum Gasteiger partial charge on any atom is -0.394 e. The topological polar surface area (TPSA) is 116 Å². The third-order valence-corrected chi connectivity index (χ3v) is 4.29. The normalized spacial score (nSPS) is 27.7. The van der Waals surface area contributed by atoms with Gasteiger partial charge in [-0.1, -0.05) is 0 Å². The molecule has 1 fully saturated rings. The van der Waals surface area contributed by atoms with Crippen molar-refractivity contribution in [3.05, 3.63) is 39.1 Å². The molecule has 1 aliphatic heterocycles. The van der Waals surface area contributed by atoms with Crippen LogP contribution in [0, 0.1) is 19.7 Å². The second-order valence-electron chi connectivity index (χ2n) is 5.71. The molecule has 1 saturated heterocycles. The van der Waals surface area contributed by atoms with Crippen LogP contribution in [0.3, 0.4) is 0 Å². The second kappa shape index (κ2) is 5.64. The lowest BCUT2D eigenvalue weighted by Crippen LogP contribution is -2.33. The van der Waals surface area contributed by atoms with Crippen molar-refractivity contribution < 1.29 is 24.4 Å². The van der Waals surface area contributed by atoms with Gasteiger partial charge in [0.25, 0.3) is 5.56 Å². The van der Waals surface area contributed by atoms with Crippen LogP contribution in [0.1, 0.15) is 22.9 Å². The van der Waals surface area contributed by atoms with E-state index in [0.717, 1.165) is 0 Å². The van der Waals surface area contributed by atoms with Gasteiger partial charge in [0.2, 0.25) is 0 Å². The molecule has 2 aromatic heterocycles. The smallest absolute Gasteiger partial charge is 0.255 e. The predicted molar refractivity (Wildman–Crippen MR) is 78.5 cm³/mol. The van der Waals surface area contributed by atoms with Gasteiger partial charge < -0.3 is 25.0 Å². The molecule has 4 atom stereocenters. The van der Waals surface area contributed by atoms with Crippen LogP contribution in [0.15, 0.2) is 10.9 Å². The molecule has 7 nitrogen and oxygen atoms in total. The number of aliphatic hydroxyl groups is 3. The molecule has 3 rings (SSSR count). The Balaban J connectivity index is 2.16. The van der Waals surface area contributed by atoms with Crippen molar-refractivity contribution >= 4 is 11.0 Å². The molecular formula is C15H17FN2O5. The van der Waals surface area contributed by atoms with Crippen LogP contribution in [0.2, 0.25) is 0 Å². The highest BCUT2D eigenvalue weighted by molar-refractivity contribution is 5.77. The summed E-state index contributed by atoms with van der Waals surface area (Å²) in [6.07, 6.45) is -4.89. The highest BCUT2D eigenvalue weighted by Gasteiger charge is 2.44. The molecule has 0 radical (unpaired) electrons. The summed E-state index contributed by atoms with van der Waals surface area (Å²) in [6.45, 7) is 2.71. The van der Waals surface area contributed by atoms with Gasteiger partial charge in [-0.25, -0.2) is 9.37 Å². The van der Waals surface area contributed by atoms with E-state index in [1.165, 1.54) is 6.07 Å². The number of aromatic nitrogens is 2. The van der Waals surface area contributed by atoms with Crippen LogP contribution in [0.4, 0.5) is 4.39 Å². The first kappa shape index (κ1) is 16.0. The van der Waals surface area contributed by atoms with E-state index in [0.29, 0.717) is 11.3 Å². The molecule has 4 N–H and O–H groups in total. The number of aryl methyl sites for hydroxylation is 1. The maximum atomic E-state index is 14.4. The van der Waals surface area contributed by atoms with E-state index < -0.39 is 42.4 Å². The van der Waals surface area contributed by atoms with Crippen LogP contribution >= 0.6 is 0 Å². The molecule has 124 valence electrons. The third-order valence-electron chi connectivity index (χ3n) is 4.29. The van der Waals surface area contributed by atoms with Gasteiger partial charge in [-0.15, -0.1) is 0 Å². The van der Waals surface area contributed by atoms with E-state index >= 15 is 0 Å². The number of rotatable bonds is 2. The van der Waals surface area contributed by atoms with Gasteiger partial charge in [-0.05, 0) is 19.9 Å². The van der Waals surface area contributed by atoms with Crippen LogP contribution in [0.5, 0.6) is 0 Å². The lowest BCUT2D eigenvalue weighted by Gasteiger charge is -2.15. The maximum Gasteiger partial charge on any atom is 0.255 e. The Morgan fingerprint density at radius 2 is 2.04 bits per heavy atom. The molecule has 0 bridgehead atoms. The minimum atomic E-state index is -1.40. The van der Waals surface area contributed by atoms with Crippen molar-refractivity contribution in [2.75, 3.05) is 6.61 Å². The molecule has 4 unspecified atom stereocenters. The number of H-pyrrole nitrogens is 1. The minimum absolute atomic E-state index is 0.0241. The van der Waals surface area contributed by atoms with Gasteiger partial charge in [0.05, 0.1) is 12.0 Å². The first-order valence-electron chi connectivity index (χ1n) is 7.17. The molecule has 2 aromatic rings. The molecular weight excluding hydrogens is 307 g/mol. The van der Waals surface area contributed by atoms with Gasteiger partial charge in [0.15, 0.2) is 0 Å². The summed E-state index contributed by atoms with van der Waals surface area (Å²) < 4.78 is 19.8. The van der Waals surface area contributed by atoms with Crippen molar-refractivity contribution in [1.29, 1.82) is 0 Å². The number of hydrogen-bond acceptors (Lipinski definition) is 6. The van der Waals surface area contributed by atoms with E-state index in [1.807, 2.05) is 0 Å². The number of nitrogens with zero attached hydrogens (tertiary/aromatic N) is 1. The van der Waals surface area contributed by atoms with Crippen molar-refractivity contribution in [2.45, 2.75) is 38.3 Å². The van der Waals surface area contributed by atoms with Crippen molar-refractivity contribution in [3.63, 3.8) is 0 Å². The fourth-order valence-corrected chi connectivity index (χ4v) is 2.77. The second-order valence-corrected chi connectivity index (χ2v) is 5.71. The highest BCUT2D eigenvalue weighted by atomic mass is 19.1. The Bertz CT molecular complexity index is 822. The molecule has 23 heavy (non-hydrogen) atoms. The fraction of sp³-hybridized carbons (Fsp3) is 0.467. The van der Waals surface area contributed by atoms with Gasteiger partial charge >= 0.3 is 0 Å². The molecule has 0 amide bonds. The summed E-state index contributed by atoms with van der Waals surface area (Å²) in [5, 5.41) is 29.0. The van der Waals surface area contributed by atoms with Crippen LogP contribution in [-0.2, 0) is 4.74 Å². The van der Waals surface area contributed by atoms with E-state index in [2.05, 4.69) is 9.97 Å². The first-order valence-corrected chi connectivity index (χ1v) is 7.17. The molecule has 1 aliphatic rings. The highest BCUT2D eigenvalue weighted by Crippen LogP contribution is 2.33. The predicted octanol–water partition coefficient (Wildman–Crippen LogP) is -0.167. The molecule has 0 saturated carbocycles. The van der Waals surface area contributed by atoms with E-state index in [9.17, 15) is 19.4 Å².